The first kappa shape index (κ1) is 12.0. The normalized spacial score (nSPS) is 11.3. The number of methoxy groups -OCH3 is 1. The summed E-state index contributed by atoms with van der Waals surface area (Å²) in [5.74, 6) is -0.909. The first-order chi connectivity index (χ1) is 6.86. The van der Waals surface area contributed by atoms with Crippen molar-refractivity contribution in [3.05, 3.63) is 28.0 Å². The molecule has 0 fully saturated rings. The van der Waals surface area contributed by atoms with Crippen molar-refractivity contribution in [2.45, 2.75) is 6.18 Å². The van der Waals surface area contributed by atoms with Gasteiger partial charge in [-0.3, -0.25) is 0 Å². The highest BCUT2D eigenvalue weighted by molar-refractivity contribution is 9.10. The highest BCUT2D eigenvalue weighted by Gasteiger charge is 2.34. The van der Waals surface area contributed by atoms with E-state index < -0.39 is 17.7 Å². The molecule has 1 heterocycles. The van der Waals surface area contributed by atoms with Gasteiger partial charge in [0.15, 0.2) is 0 Å². The van der Waals surface area contributed by atoms with E-state index in [2.05, 4.69) is 25.7 Å². The SMILES string of the molecule is COC(=O)c1cc(C(F)(F)F)c(Br)cn1. The quantitative estimate of drug-likeness (QED) is 0.744. The van der Waals surface area contributed by atoms with Gasteiger partial charge in [0.1, 0.15) is 5.69 Å². The van der Waals surface area contributed by atoms with Crippen LogP contribution in [0.4, 0.5) is 13.2 Å². The van der Waals surface area contributed by atoms with Crippen LogP contribution < -0.4 is 0 Å². The average Bonchev–Trinajstić information content (AvgIpc) is 2.15. The average molecular weight is 284 g/mol. The van der Waals surface area contributed by atoms with Crippen LogP contribution in [0.2, 0.25) is 0 Å². The zero-order valence-corrected chi connectivity index (χ0v) is 9.02. The third-order valence-electron chi connectivity index (χ3n) is 1.56. The lowest BCUT2D eigenvalue weighted by Crippen LogP contribution is -2.11. The summed E-state index contributed by atoms with van der Waals surface area (Å²) in [5, 5.41) is 0. The Bertz CT molecular complexity index is 392. The molecule has 0 amide bonds. The van der Waals surface area contributed by atoms with Crippen LogP contribution in [-0.4, -0.2) is 18.1 Å². The van der Waals surface area contributed by atoms with Crippen LogP contribution in [0, 0.1) is 0 Å². The molecule has 0 atom stereocenters. The molecule has 7 heteroatoms. The van der Waals surface area contributed by atoms with Gasteiger partial charge in [-0.05, 0) is 22.0 Å². The topological polar surface area (TPSA) is 39.2 Å². The number of aromatic nitrogens is 1. The van der Waals surface area contributed by atoms with Crippen molar-refractivity contribution < 1.29 is 22.7 Å². The van der Waals surface area contributed by atoms with Gasteiger partial charge in [-0.1, -0.05) is 0 Å². The van der Waals surface area contributed by atoms with E-state index in [-0.39, 0.29) is 10.2 Å². The highest BCUT2D eigenvalue weighted by Crippen LogP contribution is 2.34. The number of hydrogen-bond acceptors (Lipinski definition) is 3. The molecular formula is C8H5BrF3NO2. The third-order valence-corrected chi connectivity index (χ3v) is 2.19. The Morgan fingerprint density at radius 2 is 2.13 bits per heavy atom. The molecule has 0 aliphatic carbocycles. The predicted octanol–water partition coefficient (Wildman–Crippen LogP) is 2.65. The Morgan fingerprint density at radius 1 is 1.53 bits per heavy atom. The Kier molecular flexibility index (Phi) is 3.33. The van der Waals surface area contributed by atoms with Crippen molar-refractivity contribution >= 4 is 21.9 Å². The summed E-state index contributed by atoms with van der Waals surface area (Å²) in [4.78, 5) is 14.4. The van der Waals surface area contributed by atoms with Gasteiger partial charge in [0.25, 0.3) is 0 Å². The van der Waals surface area contributed by atoms with Crippen LogP contribution in [0.5, 0.6) is 0 Å². The van der Waals surface area contributed by atoms with Crippen molar-refractivity contribution in [2.75, 3.05) is 7.11 Å². The van der Waals surface area contributed by atoms with Gasteiger partial charge in [0.2, 0.25) is 0 Å². The van der Waals surface area contributed by atoms with Gasteiger partial charge < -0.3 is 4.74 Å². The molecule has 0 saturated heterocycles. The Labute approximate surface area is 91.4 Å². The van der Waals surface area contributed by atoms with Gasteiger partial charge in [0.05, 0.1) is 12.7 Å². The highest BCUT2D eigenvalue weighted by atomic mass is 79.9. The second kappa shape index (κ2) is 4.18. The third kappa shape index (κ3) is 2.68. The molecule has 0 spiro atoms. The largest absolute Gasteiger partial charge is 0.464 e. The number of ether oxygens (including phenoxy) is 1. The number of alkyl halides is 3. The van der Waals surface area contributed by atoms with Crippen molar-refractivity contribution in [2.24, 2.45) is 0 Å². The van der Waals surface area contributed by atoms with E-state index in [0.717, 1.165) is 13.3 Å². The number of hydrogen-bond donors (Lipinski definition) is 0. The number of carbonyl (C=O) groups is 1. The summed E-state index contributed by atoms with van der Waals surface area (Å²) in [7, 11) is 1.07. The smallest absolute Gasteiger partial charge is 0.417 e. The Morgan fingerprint density at radius 3 is 2.60 bits per heavy atom. The molecule has 82 valence electrons. The van der Waals surface area contributed by atoms with E-state index in [0.29, 0.717) is 6.07 Å². The lowest BCUT2D eigenvalue weighted by atomic mass is 10.2. The van der Waals surface area contributed by atoms with Gasteiger partial charge >= 0.3 is 12.1 Å². The van der Waals surface area contributed by atoms with Crippen molar-refractivity contribution in [3.8, 4) is 0 Å². The maximum absolute atomic E-state index is 12.4. The zero-order valence-electron chi connectivity index (χ0n) is 7.43. The summed E-state index contributed by atoms with van der Waals surface area (Å²) in [6.45, 7) is 0. The molecule has 0 bridgehead atoms. The summed E-state index contributed by atoms with van der Waals surface area (Å²) < 4.78 is 41.2. The van der Waals surface area contributed by atoms with Gasteiger partial charge in [-0.15, -0.1) is 0 Å². The summed E-state index contributed by atoms with van der Waals surface area (Å²) in [6, 6.07) is 0.635. The number of esters is 1. The maximum atomic E-state index is 12.4. The first-order valence-corrected chi connectivity index (χ1v) is 4.46. The number of rotatable bonds is 1. The molecule has 0 saturated carbocycles. The summed E-state index contributed by atoms with van der Waals surface area (Å²) in [6.07, 6.45) is -3.63. The number of halogens is 4. The van der Waals surface area contributed by atoms with E-state index in [9.17, 15) is 18.0 Å². The Hall–Kier alpha value is -1.11. The summed E-state index contributed by atoms with van der Waals surface area (Å²) >= 11 is 2.70. The molecule has 3 nitrogen and oxygen atoms in total. The minimum atomic E-state index is -4.54. The standard InChI is InChI=1S/C8H5BrF3NO2/c1-15-7(14)6-2-4(8(10,11)12)5(9)3-13-6/h2-3H,1H3. The molecule has 0 unspecified atom stereocenters. The van der Waals surface area contributed by atoms with E-state index in [1.165, 1.54) is 0 Å². The first-order valence-electron chi connectivity index (χ1n) is 3.67. The number of carbonyl (C=O) groups excluding carboxylic acids is 1. The maximum Gasteiger partial charge on any atom is 0.417 e. The van der Waals surface area contributed by atoms with Crippen molar-refractivity contribution in [1.82, 2.24) is 4.98 Å². The molecule has 1 aromatic heterocycles. The second-order valence-electron chi connectivity index (χ2n) is 2.54. The summed E-state index contributed by atoms with van der Waals surface area (Å²) in [5.41, 5.74) is -1.34. The van der Waals surface area contributed by atoms with Crippen LogP contribution in [0.3, 0.4) is 0 Å². The minimum Gasteiger partial charge on any atom is -0.464 e. The van der Waals surface area contributed by atoms with Gasteiger partial charge in [-0.2, -0.15) is 13.2 Å². The van der Waals surface area contributed by atoms with E-state index in [1.54, 1.807) is 0 Å². The van der Waals surface area contributed by atoms with Crippen LogP contribution in [0.15, 0.2) is 16.7 Å². The van der Waals surface area contributed by atoms with Crippen LogP contribution >= 0.6 is 15.9 Å². The van der Waals surface area contributed by atoms with E-state index >= 15 is 0 Å². The van der Waals surface area contributed by atoms with Crippen molar-refractivity contribution in [3.63, 3.8) is 0 Å². The van der Waals surface area contributed by atoms with Crippen molar-refractivity contribution in [1.29, 1.82) is 0 Å². The van der Waals surface area contributed by atoms with Crippen LogP contribution in [0.1, 0.15) is 16.1 Å². The molecular weight excluding hydrogens is 279 g/mol. The zero-order chi connectivity index (χ0) is 11.6. The van der Waals surface area contributed by atoms with E-state index in [4.69, 9.17) is 0 Å². The lowest BCUT2D eigenvalue weighted by Gasteiger charge is -2.09. The fraction of sp³-hybridized carbons (Fsp3) is 0.250. The fourth-order valence-electron chi connectivity index (χ4n) is 0.872. The van der Waals surface area contributed by atoms with Crippen LogP contribution in [0.25, 0.3) is 0 Å². The van der Waals surface area contributed by atoms with Gasteiger partial charge in [0, 0.05) is 10.7 Å². The number of pyridine rings is 1. The lowest BCUT2D eigenvalue weighted by molar-refractivity contribution is -0.138. The molecule has 0 aliphatic heterocycles. The molecule has 15 heavy (non-hydrogen) atoms. The molecule has 0 radical (unpaired) electrons. The van der Waals surface area contributed by atoms with Gasteiger partial charge in [-0.25, -0.2) is 9.78 Å². The fourth-order valence-corrected chi connectivity index (χ4v) is 1.31. The van der Waals surface area contributed by atoms with E-state index in [1.807, 2.05) is 0 Å². The molecule has 1 rings (SSSR count). The monoisotopic (exact) mass is 283 g/mol. The number of nitrogens with zero attached hydrogens (tertiary/aromatic N) is 1. The molecule has 0 N–H and O–H groups in total. The molecule has 0 aromatic carbocycles. The molecule has 0 aliphatic rings. The van der Waals surface area contributed by atoms with Crippen LogP contribution in [-0.2, 0) is 10.9 Å². The Balaban J connectivity index is 3.23. The molecule has 1 aromatic rings. The minimum absolute atomic E-state index is 0.220. The second-order valence-corrected chi connectivity index (χ2v) is 3.39. The predicted molar refractivity (Wildman–Crippen MR) is 48.3 cm³/mol.